The second-order valence-electron chi connectivity index (χ2n) is 5.63. The first-order chi connectivity index (χ1) is 8.58. The van der Waals surface area contributed by atoms with E-state index >= 15 is 0 Å². The number of hydrogen-bond acceptors (Lipinski definition) is 2. The van der Waals surface area contributed by atoms with Crippen molar-refractivity contribution in [3.05, 3.63) is 28.2 Å². The Morgan fingerprint density at radius 3 is 2.83 bits per heavy atom. The average Bonchev–Trinajstić information content (AvgIpc) is 2.33. The van der Waals surface area contributed by atoms with E-state index < -0.39 is 0 Å². The fourth-order valence-corrected chi connectivity index (χ4v) is 3.32. The van der Waals surface area contributed by atoms with Crippen LogP contribution in [0.5, 0.6) is 5.75 Å². The maximum Gasteiger partial charge on any atom is 0.134 e. The number of para-hydroxylation sites is 1. The number of phenolic OH excluding ortho intramolecular Hbond substituents is 1. The zero-order valence-electron chi connectivity index (χ0n) is 11.1. The summed E-state index contributed by atoms with van der Waals surface area (Å²) >= 11 is 3.35. The smallest absolute Gasteiger partial charge is 0.134 e. The molecule has 3 heteroatoms. The van der Waals surface area contributed by atoms with Crippen LogP contribution in [0.1, 0.15) is 38.7 Å². The first-order valence-electron chi connectivity index (χ1n) is 6.77. The molecule has 0 saturated heterocycles. The molecule has 0 aliphatic heterocycles. The van der Waals surface area contributed by atoms with Gasteiger partial charge in [-0.2, -0.15) is 0 Å². The monoisotopic (exact) mass is 311 g/mol. The summed E-state index contributed by atoms with van der Waals surface area (Å²) in [5.41, 5.74) is 0.968. The van der Waals surface area contributed by atoms with Gasteiger partial charge in [-0.15, -0.1) is 0 Å². The van der Waals surface area contributed by atoms with E-state index in [1.807, 2.05) is 18.2 Å². The van der Waals surface area contributed by atoms with Gasteiger partial charge in [-0.1, -0.05) is 26.0 Å². The topological polar surface area (TPSA) is 32.3 Å². The molecule has 0 bridgehead atoms. The minimum atomic E-state index is 0.363. The number of halogens is 1. The molecule has 2 rings (SSSR count). The van der Waals surface area contributed by atoms with Crippen LogP contribution in [0, 0.1) is 11.8 Å². The van der Waals surface area contributed by atoms with Crippen LogP contribution in [0.2, 0.25) is 0 Å². The maximum absolute atomic E-state index is 9.95. The van der Waals surface area contributed by atoms with Crippen LogP contribution >= 0.6 is 15.9 Å². The lowest BCUT2D eigenvalue weighted by Gasteiger charge is -2.33. The summed E-state index contributed by atoms with van der Waals surface area (Å²) in [5, 5.41) is 13.5. The largest absolute Gasteiger partial charge is 0.506 e. The van der Waals surface area contributed by atoms with Crippen LogP contribution in [0.3, 0.4) is 0 Å². The van der Waals surface area contributed by atoms with Gasteiger partial charge in [0, 0.05) is 18.2 Å². The molecule has 0 aromatic heterocycles. The molecule has 1 aliphatic carbocycles. The summed E-state index contributed by atoms with van der Waals surface area (Å²) in [6.07, 6.45) is 3.87. The predicted molar refractivity (Wildman–Crippen MR) is 78.6 cm³/mol. The third-order valence-electron chi connectivity index (χ3n) is 4.06. The van der Waals surface area contributed by atoms with Crippen molar-refractivity contribution in [2.45, 2.75) is 45.7 Å². The molecular weight excluding hydrogens is 290 g/mol. The fourth-order valence-electron chi connectivity index (χ4n) is 2.91. The number of aromatic hydroxyl groups is 1. The fraction of sp³-hybridized carbons (Fsp3) is 0.600. The molecule has 3 unspecified atom stereocenters. The van der Waals surface area contributed by atoms with E-state index in [9.17, 15) is 5.11 Å². The van der Waals surface area contributed by atoms with E-state index in [-0.39, 0.29) is 0 Å². The molecule has 0 amide bonds. The normalized spacial score (nSPS) is 28.3. The Bertz CT molecular complexity index is 407. The number of phenols is 1. The lowest BCUT2D eigenvalue weighted by molar-refractivity contribution is 0.226. The molecule has 1 fully saturated rings. The molecule has 18 heavy (non-hydrogen) atoms. The van der Waals surface area contributed by atoms with Gasteiger partial charge in [-0.3, -0.25) is 0 Å². The minimum Gasteiger partial charge on any atom is -0.506 e. The Morgan fingerprint density at radius 1 is 1.33 bits per heavy atom. The van der Waals surface area contributed by atoms with Gasteiger partial charge in [0.05, 0.1) is 4.47 Å². The van der Waals surface area contributed by atoms with Gasteiger partial charge in [0.1, 0.15) is 5.75 Å². The summed E-state index contributed by atoms with van der Waals surface area (Å²) < 4.78 is 0.770. The third-order valence-corrected chi connectivity index (χ3v) is 4.70. The van der Waals surface area contributed by atoms with Crippen LogP contribution in [0.4, 0.5) is 0 Å². The van der Waals surface area contributed by atoms with Crippen LogP contribution in [0.25, 0.3) is 0 Å². The zero-order valence-corrected chi connectivity index (χ0v) is 12.7. The zero-order chi connectivity index (χ0) is 13.1. The van der Waals surface area contributed by atoms with E-state index in [2.05, 4.69) is 35.1 Å². The van der Waals surface area contributed by atoms with Crippen molar-refractivity contribution in [3.8, 4) is 5.75 Å². The van der Waals surface area contributed by atoms with Crippen molar-refractivity contribution in [1.29, 1.82) is 0 Å². The Morgan fingerprint density at radius 2 is 2.11 bits per heavy atom. The SMILES string of the molecule is CC1CCC(NCc2cccc(Br)c2O)C(C)C1. The highest BCUT2D eigenvalue weighted by Crippen LogP contribution is 2.30. The highest BCUT2D eigenvalue weighted by molar-refractivity contribution is 9.10. The van der Waals surface area contributed by atoms with Crippen molar-refractivity contribution < 1.29 is 5.11 Å². The Balaban J connectivity index is 1.93. The first-order valence-corrected chi connectivity index (χ1v) is 7.57. The molecule has 2 nitrogen and oxygen atoms in total. The second kappa shape index (κ2) is 6.07. The van der Waals surface area contributed by atoms with E-state index in [4.69, 9.17) is 0 Å². The van der Waals surface area contributed by atoms with E-state index in [0.717, 1.165) is 28.4 Å². The number of nitrogens with one attached hydrogen (secondary N) is 1. The van der Waals surface area contributed by atoms with Gasteiger partial charge in [0.15, 0.2) is 0 Å². The molecule has 0 radical (unpaired) electrons. The predicted octanol–water partition coefficient (Wildman–Crippen LogP) is 4.07. The summed E-state index contributed by atoms with van der Waals surface area (Å²) in [5.74, 6) is 1.95. The Kier molecular flexibility index (Phi) is 4.68. The first kappa shape index (κ1) is 13.9. The van der Waals surface area contributed by atoms with Gasteiger partial charge in [-0.05, 0) is 53.1 Å². The summed E-state index contributed by atoms with van der Waals surface area (Å²) in [7, 11) is 0. The lowest BCUT2D eigenvalue weighted by atomic mass is 9.80. The van der Waals surface area contributed by atoms with E-state index in [0.29, 0.717) is 11.8 Å². The quantitative estimate of drug-likeness (QED) is 0.882. The lowest BCUT2D eigenvalue weighted by Crippen LogP contribution is -2.38. The number of hydrogen-bond donors (Lipinski definition) is 2. The van der Waals surface area contributed by atoms with Gasteiger partial charge in [0.2, 0.25) is 0 Å². The van der Waals surface area contributed by atoms with Crippen molar-refractivity contribution >= 4 is 15.9 Å². The highest BCUT2D eigenvalue weighted by atomic mass is 79.9. The standard InChI is InChI=1S/C15H22BrNO/c1-10-6-7-14(11(2)8-10)17-9-12-4-3-5-13(16)15(12)18/h3-5,10-11,14,17-18H,6-9H2,1-2H3. The van der Waals surface area contributed by atoms with Crippen LogP contribution in [0.15, 0.2) is 22.7 Å². The van der Waals surface area contributed by atoms with E-state index in [1.54, 1.807) is 0 Å². The molecule has 1 aromatic rings. The van der Waals surface area contributed by atoms with Gasteiger partial charge < -0.3 is 10.4 Å². The molecule has 1 aliphatic rings. The van der Waals surface area contributed by atoms with E-state index in [1.165, 1.54) is 19.3 Å². The Hall–Kier alpha value is -0.540. The van der Waals surface area contributed by atoms with Crippen molar-refractivity contribution in [1.82, 2.24) is 5.32 Å². The summed E-state index contributed by atoms with van der Waals surface area (Å²) in [4.78, 5) is 0. The van der Waals surface area contributed by atoms with Gasteiger partial charge in [-0.25, -0.2) is 0 Å². The number of benzene rings is 1. The summed E-state index contributed by atoms with van der Waals surface area (Å²) in [6.45, 7) is 5.41. The molecule has 3 atom stereocenters. The molecule has 0 spiro atoms. The number of rotatable bonds is 3. The van der Waals surface area contributed by atoms with Gasteiger partial charge in [0.25, 0.3) is 0 Å². The van der Waals surface area contributed by atoms with Crippen LogP contribution in [-0.4, -0.2) is 11.1 Å². The minimum absolute atomic E-state index is 0.363. The van der Waals surface area contributed by atoms with Gasteiger partial charge >= 0.3 is 0 Å². The Labute approximate surface area is 118 Å². The third kappa shape index (κ3) is 3.27. The van der Waals surface area contributed by atoms with Crippen molar-refractivity contribution in [3.63, 3.8) is 0 Å². The van der Waals surface area contributed by atoms with Crippen molar-refractivity contribution in [2.24, 2.45) is 11.8 Å². The average molecular weight is 312 g/mol. The molecule has 0 heterocycles. The molecular formula is C15H22BrNO. The van der Waals surface area contributed by atoms with Crippen LogP contribution in [-0.2, 0) is 6.54 Å². The molecule has 1 saturated carbocycles. The molecule has 1 aromatic carbocycles. The maximum atomic E-state index is 9.95. The van der Waals surface area contributed by atoms with Crippen molar-refractivity contribution in [2.75, 3.05) is 0 Å². The second-order valence-corrected chi connectivity index (χ2v) is 6.48. The van der Waals surface area contributed by atoms with Crippen LogP contribution < -0.4 is 5.32 Å². The highest BCUT2D eigenvalue weighted by Gasteiger charge is 2.24. The summed E-state index contributed by atoms with van der Waals surface area (Å²) in [6, 6.07) is 6.39. The molecule has 100 valence electrons. The molecule has 2 N–H and O–H groups in total.